The lowest BCUT2D eigenvalue weighted by molar-refractivity contribution is 0.0842. The number of aliphatic hydroxyl groups excluding tert-OH is 2. The molecule has 3 heteroatoms. The Labute approximate surface area is 102 Å². The van der Waals surface area contributed by atoms with E-state index in [-0.39, 0.29) is 12.2 Å². The Kier molecular flexibility index (Phi) is 3.40. The molecule has 2 rings (SSSR count). The minimum atomic E-state index is -0.583. The topological polar surface area (TPSA) is 49.7 Å². The van der Waals surface area contributed by atoms with E-state index in [9.17, 15) is 5.11 Å². The van der Waals surface area contributed by atoms with Gasteiger partial charge in [-0.15, -0.1) is 0 Å². The molecule has 0 saturated carbocycles. The summed E-state index contributed by atoms with van der Waals surface area (Å²) in [6, 6.07) is 5.79. The van der Waals surface area contributed by atoms with Crippen LogP contribution >= 0.6 is 0 Å². The van der Waals surface area contributed by atoms with E-state index in [4.69, 9.17) is 9.84 Å². The molecule has 3 nitrogen and oxygen atoms in total. The van der Waals surface area contributed by atoms with Gasteiger partial charge in [-0.05, 0) is 49.9 Å². The van der Waals surface area contributed by atoms with Crippen LogP contribution in [0, 0.1) is 0 Å². The first-order valence-electron chi connectivity index (χ1n) is 6.12. The fraction of sp³-hybridized carbons (Fsp3) is 0.571. The van der Waals surface area contributed by atoms with Crippen LogP contribution < -0.4 is 4.74 Å². The van der Waals surface area contributed by atoms with Gasteiger partial charge in [0.25, 0.3) is 0 Å². The fourth-order valence-corrected chi connectivity index (χ4v) is 2.17. The standard InChI is InChI=1S/C14H20O3/c1-14(2)7-5-11-9-10(12(16)6-8-15)3-4-13(11)17-14/h3-4,9,12,15-16H,5-8H2,1-2H3. The molecule has 0 fully saturated rings. The molecular weight excluding hydrogens is 216 g/mol. The van der Waals surface area contributed by atoms with Crippen molar-refractivity contribution in [2.75, 3.05) is 6.61 Å². The smallest absolute Gasteiger partial charge is 0.123 e. The number of aryl methyl sites for hydroxylation is 1. The van der Waals surface area contributed by atoms with Crippen LogP contribution in [0.15, 0.2) is 18.2 Å². The van der Waals surface area contributed by atoms with Gasteiger partial charge < -0.3 is 14.9 Å². The zero-order valence-corrected chi connectivity index (χ0v) is 10.4. The summed E-state index contributed by atoms with van der Waals surface area (Å²) >= 11 is 0. The summed E-state index contributed by atoms with van der Waals surface area (Å²) in [6.45, 7) is 4.18. The van der Waals surface area contributed by atoms with Crippen LogP contribution in [0.5, 0.6) is 5.75 Å². The largest absolute Gasteiger partial charge is 0.488 e. The zero-order valence-electron chi connectivity index (χ0n) is 10.4. The normalized spacial score (nSPS) is 19.3. The third-order valence-corrected chi connectivity index (χ3v) is 3.25. The molecule has 1 aliphatic heterocycles. The van der Waals surface area contributed by atoms with Crippen molar-refractivity contribution in [3.05, 3.63) is 29.3 Å². The van der Waals surface area contributed by atoms with Gasteiger partial charge in [-0.3, -0.25) is 0 Å². The highest BCUT2D eigenvalue weighted by Crippen LogP contribution is 2.34. The van der Waals surface area contributed by atoms with Crippen LogP contribution in [0.2, 0.25) is 0 Å². The Balaban J connectivity index is 2.21. The first-order chi connectivity index (χ1) is 8.02. The van der Waals surface area contributed by atoms with Crippen LogP contribution in [-0.4, -0.2) is 22.4 Å². The molecule has 0 radical (unpaired) electrons. The Hall–Kier alpha value is -1.06. The number of hydrogen-bond donors (Lipinski definition) is 2. The predicted octanol–water partition coefficient (Wildman–Crippen LogP) is 2.21. The van der Waals surface area contributed by atoms with Crippen molar-refractivity contribution < 1.29 is 14.9 Å². The molecule has 1 unspecified atom stereocenters. The summed E-state index contributed by atoms with van der Waals surface area (Å²) in [5, 5.41) is 18.6. The van der Waals surface area contributed by atoms with E-state index in [2.05, 4.69) is 13.8 Å². The van der Waals surface area contributed by atoms with Crippen molar-refractivity contribution in [2.24, 2.45) is 0 Å². The number of fused-ring (bicyclic) bond motifs is 1. The molecule has 2 N–H and O–H groups in total. The van der Waals surface area contributed by atoms with Crippen molar-refractivity contribution in [2.45, 2.75) is 44.8 Å². The summed E-state index contributed by atoms with van der Waals surface area (Å²) < 4.78 is 5.88. The number of aliphatic hydroxyl groups is 2. The summed E-state index contributed by atoms with van der Waals surface area (Å²) in [7, 11) is 0. The Bertz CT molecular complexity index is 398. The molecule has 0 aliphatic carbocycles. The second-order valence-electron chi connectivity index (χ2n) is 5.26. The van der Waals surface area contributed by atoms with Crippen LogP contribution in [0.25, 0.3) is 0 Å². The minimum absolute atomic E-state index is 0.00177. The van der Waals surface area contributed by atoms with Crippen molar-refractivity contribution in [3.8, 4) is 5.75 Å². The average molecular weight is 236 g/mol. The zero-order chi connectivity index (χ0) is 12.5. The van der Waals surface area contributed by atoms with Crippen molar-refractivity contribution >= 4 is 0 Å². The first kappa shape index (κ1) is 12.4. The monoisotopic (exact) mass is 236 g/mol. The van der Waals surface area contributed by atoms with Crippen molar-refractivity contribution in [3.63, 3.8) is 0 Å². The number of rotatable bonds is 3. The molecule has 1 aromatic carbocycles. The first-order valence-corrected chi connectivity index (χ1v) is 6.12. The number of benzene rings is 1. The van der Waals surface area contributed by atoms with Gasteiger partial charge in [0, 0.05) is 13.0 Å². The van der Waals surface area contributed by atoms with Gasteiger partial charge in [0.05, 0.1) is 6.10 Å². The van der Waals surface area contributed by atoms with Gasteiger partial charge in [0.2, 0.25) is 0 Å². The van der Waals surface area contributed by atoms with Crippen LogP contribution in [0.3, 0.4) is 0 Å². The molecular formula is C14H20O3. The Morgan fingerprint density at radius 1 is 1.41 bits per heavy atom. The van der Waals surface area contributed by atoms with Gasteiger partial charge in [0.15, 0.2) is 0 Å². The van der Waals surface area contributed by atoms with E-state index in [0.717, 1.165) is 29.7 Å². The van der Waals surface area contributed by atoms with E-state index in [0.29, 0.717) is 6.42 Å². The van der Waals surface area contributed by atoms with Gasteiger partial charge in [-0.2, -0.15) is 0 Å². The highest BCUT2D eigenvalue weighted by atomic mass is 16.5. The molecule has 1 atom stereocenters. The lowest BCUT2D eigenvalue weighted by atomic mass is 9.92. The molecule has 1 aliphatic rings. The highest BCUT2D eigenvalue weighted by Gasteiger charge is 2.26. The fourth-order valence-electron chi connectivity index (χ4n) is 2.17. The molecule has 94 valence electrons. The van der Waals surface area contributed by atoms with Gasteiger partial charge in [-0.1, -0.05) is 6.07 Å². The van der Waals surface area contributed by atoms with Crippen LogP contribution in [0.4, 0.5) is 0 Å². The highest BCUT2D eigenvalue weighted by molar-refractivity contribution is 5.40. The van der Waals surface area contributed by atoms with E-state index in [1.807, 2.05) is 18.2 Å². The van der Waals surface area contributed by atoms with E-state index in [1.165, 1.54) is 0 Å². The maximum absolute atomic E-state index is 9.82. The van der Waals surface area contributed by atoms with Gasteiger partial charge in [-0.25, -0.2) is 0 Å². The van der Waals surface area contributed by atoms with Gasteiger partial charge in [0.1, 0.15) is 11.4 Å². The maximum atomic E-state index is 9.82. The summed E-state index contributed by atoms with van der Waals surface area (Å²) in [4.78, 5) is 0. The van der Waals surface area contributed by atoms with Gasteiger partial charge >= 0.3 is 0 Å². The Morgan fingerprint density at radius 3 is 2.88 bits per heavy atom. The van der Waals surface area contributed by atoms with Crippen LogP contribution in [0.1, 0.15) is 43.9 Å². The molecule has 17 heavy (non-hydrogen) atoms. The van der Waals surface area contributed by atoms with Crippen molar-refractivity contribution in [1.82, 2.24) is 0 Å². The molecule has 1 aromatic rings. The number of hydrogen-bond acceptors (Lipinski definition) is 3. The third-order valence-electron chi connectivity index (χ3n) is 3.25. The third kappa shape index (κ3) is 2.79. The molecule has 1 heterocycles. The predicted molar refractivity (Wildman–Crippen MR) is 66.1 cm³/mol. The molecule has 0 aromatic heterocycles. The van der Waals surface area contributed by atoms with E-state index < -0.39 is 6.10 Å². The van der Waals surface area contributed by atoms with Crippen LogP contribution in [-0.2, 0) is 6.42 Å². The SMILES string of the molecule is CC1(C)CCc2cc(C(O)CCO)ccc2O1. The average Bonchev–Trinajstić information content (AvgIpc) is 2.27. The summed E-state index contributed by atoms with van der Waals surface area (Å²) in [5.41, 5.74) is 1.91. The lowest BCUT2D eigenvalue weighted by Gasteiger charge is -2.33. The Morgan fingerprint density at radius 2 is 2.18 bits per heavy atom. The molecule has 0 saturated heterocycles. The van der Waals surface area contributed by atoms with E-state index >= 15 is 0 Å². The second-order valence-corrected chi connectivity index (χ2v) is 5.26. The molecule has 0 spiro atoms. The van der Waals surface area contributed by atoms with Crippen molar-refractivity contribution in [1.29, 1.82) is 0 Å². The van der Waals surface area contributed by atoms with E-state index in [1.54, 1.807) is 0 Å². The number of ether oxygens (including phenoxy) is 1. The lowest BCUT2D eigenvalue weighted by Crippen LogP contribution is -2.32. The summed E-state index contributed by atoms with van der Waals surface area (Å²) in [6.07, 6.45) is 1.76. The second kappa shape index (κ2) is 4.67. The summed E-state index contributed by atoms with van der Waals surface area (Å²) in [5.74, 6) is 0.918. The minimum Gasteiger partial charge on any atom is -0.488 e. The molecule has 0 bridgehead atoms. The maximum Gasteiger partial charge on any atom is 0.123 e. The quantitative estimate of drug-likeness (QED) is 0.846. The molecule has 0 amide bonds.